The third-order valence-corrected chi connectivity index (χ3v) is 4.53. The average molecular weight is 307 g/mol. The van der Waals surface area contributed by atoms with E-state index < -0.39 is 0 Å². The number of H-pyrrole nitrogens is 1. The van der Waals surface area contributed by atoms with Gasteiger partial charge in [-0.2, -0.15) is 9.61 Å². The molecule has 0 spiro atoms. The number of benzene rings is 1. The van der Waals surface area contributed by atoms with Gasteiger partial charge in [-0.3, -0.25) is 4.79 Å². The van der Waals surface area contributed by atoms with Crippen molar-refractivity contribution in [3.8, 4) is 21.7 Å². The molecule has 0 aliphatic rings. The van der Waals surface area contributed by atoms with E-state index in [4.69, 9.17) is 0 Å². The first-order valence-corrected chi connectivity index (χ1v) is 7.84. The van der Waals surface area contributed by atoms with Gasteiger partial charge in [0.15, 0.2) is 0 Å². The monoisotopic (exact) mass is 307 g/mol. The molecule has 1 N–H and O–H groups in total. The lowest BCUT2D eigenvalue weighted by Crippen LogP contribution is -2.14. The van der Waals surface area contributed by atoms with Crippen molar-refractivity contribution in [1.29, 1.82) is 0 Å². The van der Waals surface area contributed by atoms with Gasteiger partial charge in [0, 0.05) is 10.9 Å². The lowest BCUT2D eigenvalue weighted by atomic mass is 10.1. The fraction of sp³-hybridized carbons (Fsp3) is 0.0588. The smallest absolute Gasteiger partial charge is 0.274 e. The molecule has 0 fully saturated rings. The molecule has 0 aliphatic heterocycles. The first-order chi connectivity index (χ1) is 10.7. The van der Waals surface area contributed by atoms with Crippen molar-refractivity contribution in [3.05, 3.63) is 70.0 Å². The normalized spacial score (nSPS) is 11.1. The minimum absolute atomic E-state index is 0.126. The Morgan fingerprint density at radius 3 is 2.68 bits per heavy atom. The van der Waals surface area contributed by atoms with Crippen LogP contribution in [0.3, 0.4) is 0 Å². The first-order valence-electron chi connectivity index (χ1n) is 6.96. The van der Waals surface area contributed by atoms with Crippen LogP contribution in [0.5, 0.6) is 0 Å². The summed E-state index contributed by atoms with van der Waals surface area (Å²) in [6.45, 7) is 1.93. The summed E-state index contributed by atoms with van der Waals surface area (Å²) in [4.78, 5) is 16.9. The van der Waals surface area contributed by atoms with Crippen LogP contribution in [0, 0.1) is 6.92 Å². The van der Waals surface area contributed by atoms with Crippen LogP contribution < -0.4 is 5.56 Å². The predicted molar refractivity (Wildman–Crippen MR) is 89.3 cm³/mol. The number of rotatable bonds is 2. The standard InChI is InChI=1S/C17H13N3OS/c1-11-16(14-8-5-9-22-14)17-18-13(10-15(21)20(17)19-11)12-6-3-2-4-7-12/h2-10,18H,1H3. The molecule has 0 radical (unpaired) electrons. The molecule has 0 atom stereocenters. The Hall–Kier alpha value is -2.66. The van der Waals surface area contributed by atoms with Crippen LogP contribution in [-0.2, 0) is 0 Å². The number of nitrogens with one attached hydrogen (secondary N) is 1. The summed E-state index contributed by atoms with van der Waals surface area (Å²) in [5.74, 6) is 0. The topological polar surface area (TPSA) is 50.2 Å². The zero-order valence-electron chi connectivity index (χ0n) is 11.9. The fourth-order valence-corrected chi connectivity index (χ4v) is 3.46. The predicted octanol–water partition coefficient (Wildman–Crippen LogP) is 3.73. The molecule has 1 aromatic carbocycles. The summed E-state index contributed by atoms with van der Waals surface area (Å²) < 4.78 is 1.44. The molecule has 0 saturated heterocycles. The maximum Gasteiger partial charge on any atom is 0.274 e. The van der Waals surface area contributed by atoms with Crippen molar-refractivity contribution in [1.82, 2.24) is 14.6 Å². The van der Waals surface area contributed by atoms with Gasteiger partial charge in [-0.15, -0.1) is 11.3 Å². The van der Waals surface area contributed by atoms with Gasteiger partial charge in [0.1, 0.15) is 5.65 Å². The van der Waals surface area contributed by atoms with Gasteiger partial charge >= 0.3 is 0 Å². The summed E-state index contributed by atoms with van der Waals surface area (Å²) >= 11 is 1.64. The number of aromatic amines is 1. The highest BCUT2D eigenvalue weighted by molar-refractivity contribution is 7.13. The quantitative estimate of drug-likeness (QED) is 0.613. The molecule has 5 heteroatoms. The summed E-state index contributed by atoms with van der Waals surface area (Å²) in [7, 11) is 0. The van der Waals surface area contributed by atoms with E-state index in [1.54, 1.807) is 17.4 Å². The Labute approximate surface area is 130 Å². The second-order valence-corrected chi connectivity index (χ2v) is 6.03. The summed E-state index contributed by atoms with van der Waals surface area (Å²) in [6, 6.07) is 15.5. The molecule has 4 rings (SSSR count). The van der Waals surface area contributed by atoms with E-state index in [-0.39, 0.29) is 5.56 Å². The Kier molecular flexibility index (Phi) is 2.94. The van der Waals surface area contributed by atoms with Crippen molar-refractivity contribution in [2.24, 2.45) is 0 Å². The molecule has 22 heavy (non-hydrogen) atoms. The average Bonchev–Trinajstić information content (AvgIpc) is 3.15. The number of nitrogens with zero attached hydrogens (tertiary/aromatic N) is 2. The molecular weight excluding hydrogens is 294 g/mol. The van der Waals surface area contributed by atoms with E-state index in [9.17, 15) is 4.79 Å². The van der Waals surface area contributed by atoms with Crippen LogP contribution in [0.1, 0.15) is 5.69 Å². The Morgan fingerprint density at radius 1 is 1.14 bits per heavy atom. The van der Waals surface area contributed by atoms with Gasteiger partial charge < -0.3 is 4.98 Å². The molecular formula is C17H13N3OS. The number of hydrogen-bond donors (Lipinski definition) is 1. The minimum atomic E-state index is -0.126. The molecule has 3 heterocycles. The molecule has 0 saturated carbocycles. The molecule has 4 aromatic rings. The number of hydrogen-bond acceptors (Lipinski definition) is 3. The zero-order valence-corrected chi connectivity index (χ0v) is 12.7. The number of aromatic nitrogens is 3. The summed E-state index contributed by atoms with van der Waals surface area (Å²) in [5.41, 5.74) is 4.24. The number of aryl methyl sites for hydroxylation is 1. The van der Waals surface area contributed by atoms with Crippen LogP contribution in [0.2, 0.25) is 0 Å². The highest BCUT2D eigenvalue weighted by atomic mass is 32.1. The summed E-state index contributed by atoms with van der Waals surface area (Å²) in [5, 5.41) is 6.41. The summed E-state index contributed by atoms with van der Waals surface area (Å²) in [6.07, 6.45) is 0. The third-order valence-electron chi connectivity index (χ3n) is 3.64. The van der Waals surface area contributed by atoms with Crippen molar-refractivity contribution in [3.63, 3.8) is 0 Å². The van der Waals surface area contributed by atoms with Crippen molar-refractivity contribution in [2.75, 3.05) is 0 Å². The Balaban J connectivity index is 2.05. The Bertz CT molecular complexity index is 998. The third kappa shape index (κ3) is 1.98. The van der Waals surface area contributed by atoms with Crippen molar-refractivity contribution >= 4 is 17.0 Å². The van der Waals surface area contributed by atoms with E-state index in [0.717, 1.165) is 33.0 Å². The van der Waals surface area contributed by atoms with Crippen LogP contribution in [0.25, 0.3) is 27.3 Å². The molecule has 0 aliphatic carbocycles. The second-order valence-electron chi connectivity index (χ2n) is 5.09. The molecule has 4 nitrogen and oxygen atoms in total. The number of fused-ring (bicyclic) bond motifs is 1. The van der Waals surface area contributed by atoms with Gasteiger partial charge in [-0.1, -0.05) is 36.4 Å². The van der Waals surface area contributed by atoms with E-state index >= 15 is 0 Å². The molecule has 0 bridgehead atoms. The molecule has 108 valence electrons. The van der Waals surface area contributed by atoms with E-state index in [1.807, 2.05) is 54.8 Å². The van der Waals surface area contributed by atoms with Gasteiger partial charge in [0.2, 0.25) is 0 Å². The van der Waals surface area contributed by atoms with Crippen LogP contribution in [0.4, 0.5) is 0 Å². The maximum atomic E-state index is 12.4. The van der Waals surface area contributed by atoms with E-state index in [1.165, 1.54) is 4.52 Å². The second kappa shape index (κ2) is 4.96. The van der Waals surface area contributed by atoms with Crippen LogP contribution in [0.15, 0.2) is 58.7 Å². The molecule has 0 amide bonds. The highest BCUT2D eigenvalue weighted by Crippen LogP contribution is 2.31. The van der Waals surface area contributed by atoms with E-state index in [0.29, 0.717) is 0 Å². The molecule has 0 unspecified atom stereocenters. The highest BCUT2D eigenvalue weighted by Gasteiger charge is 2.15. The number of thiophene rings is 1. The Morgan fingerprint density at radius 2 is 1.95 bits per heavy atom. The van der Waals surface area contributed by atoms with Gasteiger partial charge in [0.25, 0.3) is 5.56 Å². The van der Waals surface area contributed by atoms with E-state index in [2.05, 4.69) is 10.1 Å². The fourth-order valence-electron chi connectivity index (χ4n) is 2.64. The zero-order chi connectivity index (χ0) is 15.1. The van der Waals surface area contributed by atoms with Gasteiger partial charge in [-0.05, 0) is 23.9 Å². The lowest BCUT2D eigenvalue weighted by molar-refractivity contribution is 0.882. The van der Waals surface area contributed by atoms with Crippen molar-refractivity contribution in [2.45, 2.75) is 6.92 Å². The van der Waals surface area contributed by atoms with Crippen LogP contribution in [-0.4, -0.2) is 14.6 Å². The van der Waals surface area contributed by atoms with Crippen molar-refractivity contribution < 1.29 is 0 Å². The van der Waals surface area contributed by atoms with Gasteiger partial charge in [0.05, 0.1) is 17.0 Å². The minimum Gasteiger partial charge on any atom is -0.339 e. The lowest BCUT2D eigenvalue weighted by Gasteiger charge is -2.04. The van der Waals surface area contributed by atoms with Gasteiger partial charge in [-0.25, -0.2) is 0 Å². The van der Waals surface area contributed by atoms with Crippen LogP contribution >= 0.6 is 11.3 Å². The molecule has 3 aromatic heterocycles. The maximum absolute atomic E-state index is 12.4. The SMILES string of the molecule is Cc1nn2c(=O)cc(-c3ccccc3)[nH]c2c1-c1cccs1. The first kappa shape index (κ1) is 13.0. The largest absolute Gasteiger partial charge is 0.339 e.